The molecule has 1 spiro atoms. The summed E-state index contributed by atoms with van der Waals surface area (Å²) >= 11 is 0. The van der Waals surface area contributed by atoms with E-state index in [-0.39, 0.29) is 18.6 Å². The Balaban J connectivity index is 1.96. The average molecular weight is 481 g/mol. The Kier molecular flexibility index (Phi) is 5.74. The highest BCUT2D eigenvalue weighted by Crippen LogP contribution is 2.64. The second kappa shape index (κ2) is 7.86. The average Bonchev–Trinajstić information content (AvgIpc) is 3.31. The number of aliphatic hydroxyl groups is 2. The number of ether oxygens (including phenoxy) is 4. The number of epoxide rings is 1. The van der Waals surface area contributed by atoms with Crippen molar-refractivity contribution in [3.63, 3.8) is 0 Å². The standard InChI is InChI=1S/C24H32O10/c1-10-7-15(28)20(32-13(4)26)22(5)16(31-12(3)25)9-14(27)11(2)18(22)19(29)24-17(8-10)33-21(30)23(24,6)34-24/h8,11,15-20,28-29H,7,9H2,1-6H3. The number of ketones is 1. The summed E-state index contributed by atoms with van der Waals surface area (Å²) in [7, 11) is 0. The number of hydrogen-bond acceptors (Lipinski definition) is 10. The first-order valence-corrected chi connectivity index (χ1v) is 11.5. The third kappa shape index (κ3) is 3.25. The molecule has 10 unspecified atom stereocenters. The largest absolute Gasteiger partial charge is 0.461 e. The van der Waals surface area contributed by atoms with Gasteiger partial charge in [0.1, 0.15) is 18.0 Å². The predicted molar refractivity (Wildman–Crippen MR) is 114 cm³/mol. The molecule has 0 aromatic heterocycles. The van der Waals surface area contributed by atoms with E-state index in [4.69, 9.17) is 18.9 Å². The molecule has 0 bridgehead atoms. The molecule has 10 nitrogen and oxygen atoms in total. The molecule has 34 heavy (non-hydrogen) atoms. The van der Waals surface area contributed by atoms with Crippen LogP contribution in [0.3, 0.4) is 0 Å². The van der Waals surface area contributed by atoms with E-state index in [1.54, 1.807) is 26.8 Å². The zero-order chi connectivity index (χ0) is 25.4. The molecule has 2 N–H and O–H groups in total. The fourth-order valence-corrected chi connectivity index (χ4v) is 6.55. The van der Waals surface area contributed by atoms with Gasteiger partial charge in [-0.05, 0) is 26.3 Å². The summed E-state index contributed by atoms with van der Waals surface area (Å²) in [4.78, 5) is 49.9. The number of rotatable bonds is 2. The second-order valence-electron chi connectivity index (χ2n) is 10.5. The monoisotopic (exact) mass is 480 g/mol. The highest BCUT2D eigenvalue weighted by atomic mass is 16.7. The molecule has 4 rings (SSSR count). The van der Waals surface area contributed by atoms with E-state index in [9.17, 15) is 29.4 Å². The highest BCUT2D eigenvalue weighted by Gasteiger charge is 2.86. The predicted octanol–water partition coefficient (Wildman–Crippen LogP) is 0.606. The summed E-state index contributed by atoms with van der Waals surface area (Å²) in [5.74, 6) is -4.04. The van der Waals surface area contributed by atoms with Gasteiger partial charge in [-0.25, -0.2) is 4.79 Å². The highest BCUT2D eigenvalue weighted by molar-refractivity contribution is 5.89. The minimum absolute atomic E-state index is 0.0479. The van der Waals surface area contributed by atoms with Gasteiger partial charge in [0.25, 0.3) is 0 Å². The van der Waals surface area contributed by atoms with Crippen LogP contribution < -0.4 is 0 Å². The molecule has 0 radical (unpaired) electrons. The van der Waals surface area contributed by atoms with Crippen LogP contribution in [0, 0.1) is 17.3 Å². The van der Waals surface area contributed by atoms with Crippen LogP contribution in [0.5, 0.6) is 0 Å². The van der Waals surface area contributed by atoms with E-state index in [2.05, 4.69) is 0 Å². The van der Waals surface area contributed by atoms with Crippen LogP contribution in [0.15, 0.2) is 11.6 Å². The Morgan fingerprint density at radius 1 is 1.09 bits per heavy atom. The van der Waals surface area contributed by atoms with Gasteiger partial charge in [0.05, 0.1) is 17.6 Å². The van der Waals surface area contributed by atoms with Crippen molar-refractivity contribution >= 4 is 23.7 Å². The van der Waals surface area contributed by atoms with Gasteiger partial charge >= 0.3 is 17.9 Å². The number of Topliss-reactive ketones (excluding diaryl/α,β-unsaturated/α-hetero) is 1. The van der Waals surface area contributed by atoms with Crippen molar-refractivity contribution in [3.05, 3.63) is 11.6 Å². The second-order valence-corrected chi connectivity index (χ2v) is 10.5. The smallest absolute Gasteiger partial charge is 0.342 e. The van der Waals surface area contributed by atoms with Gasteiger partial charge in [-0.2, -0.15) is 0 Å². The summed E-state index contributed by atoms with van der Waals surface area (Å²) < 4.78 is 22.7. The van der Waals surface area contributed by atoms with Gasteiger partial charge in [-0.15, -0.1) is 0 Å². The lowest BCUT2D eigenvalue weighted by atomic mass is 9.53. The van der Waals surface area contributed by atoms with Gasteiger partial charge in [0, 0.05) is 32.1 Å². The number of esters is 3. The van der Waals surface area contributed by atoms with E-state index in [1.807, 2.05) is 0 Å². The molecule has 0 aromatic rings. The van der Waals surface area contributed by atoms with Crippen LogP contribution in [0.1, 0.15) is 54.4 Å². The molecule has 10 heteroatoms. The topological polar surface area (TPSA) is 149 Å². The molecular weight excluding hydrogens is 448 g/mol. The lowest BCUT2D eigenvalue weighted by Crippen LogP contribution is -2.66. The Labute approximate surface area is 197 Å². The Morgan fingerprint density at radius 3 is 2.26 bits per heavy atom. The van der Waals surface area contributed by atoms with Crippen LogP contribution in [0.4, 0.5) is 0 Å². The molecule has 188 valence electrons. The third-order valence-electron chi connectivity index (χ3n) is 8.28. The Bertz CT molecular complexity index is 973. The van der Waals surface area contributed by atoms with E-state index in [0.29, 0.717) is 5.57 Å². The minimum atomic E-state index is -1.48. The normalized spacial score (nSPS) is 47.9. The molecule has 2 heterocycles. The summed E-state index contributed by atoms with van der Waals surface area (Å²) in [5, 5.41) is 23.2. The molecule has 3 fully saturated rings. The fourth-order valence-electron chi connectivity index (χ4n) is 6.55. The maximum absolute atomic E-state index is 13.1. The van der Waals surface area contributed by atoms with Crippen molar-refractivity contribution in [2.45, 2.75) is 96.1 Å². The first-order chi connectivity index (χ1) is 15.7. The molecule has 2 saturated heterocycles. The summed E-state index contributed by atoms with van der Waals surface area (Å²) in [6.45, 7) is 8.91. The van der Waals surface area contributed by atoms with Crippen molar-refractivity contribution in [2.75, 3.05) is 0 Å². The van der Waals surface area contributed by atoms with Gasteiger partial charge < -0.3 is 29.2 Å². The van der Waals surface area contributed by atoms with Gasteiger partial charge in [0.2, 0.25) is 0 Å². The van der Waals surface area contributed by atoms with Crippen molar-refractivity contribution < 1.29 is 48.3 Å². The van der Waals surface area contributed by atoms with Gasteiger partial charge in [-0.3, -0.25) is 14.4 Å². The van der Waals surface area contributed by atoms with Crippen molar-refractivity contribution in [3.8, 4) is 0 Å². The zero-order valence-corrected chi connectivity index (χ0v) is 20.2. The minimum Gasteiger partial charge on any atom is -0.461 e. The number of fused-ring (bicyclic) bond motifs is 1. The number of aliphatic hydroxyl groups excluding tert-OH is 2. The molecule has 1 saturated carbocycles. The lowest BCUT2D eigenvalue weighted by molar-refractivity contribution is -0.222. The molecule has 2 aliphatic carbocycles. The quantitative estimate of drug-likeness (QED) is 0.249. The SMILES string of the molecule is CC(=O)OC1CC(=O)C(C)C2C(O)C34OC3(C)C(=O)OC4C=C(C)CC(O)C(OC(C)=O)C12C. The molecular formula is C24H32O10. The van der Waals surface area contributed by atoms with E-state index >= 15 is 0 Å². The lowest BCUT2D eigenvalue weighted by Gasteiger charge is -2.55. The van der Waals surface area contributed by atoms with Crippen LogP contribution in [0.2, 0.25) is 0 Å². The zero-order valence-electron chi connectivity index (χ0n) is 20.2. The third-order valence-corrected chi connectivity index (χ3v) is 8.28. The van der Waals surface area contributed by atoms with Crippen LogP contribution >= 0.6 is 0 Å². The van der Waals surface area contributed by atoms with Crippen LogP contribution in [-0.4, -0.2) is 75.6 Å². The van der Waals surface area contributed by atoms with Crippen LogP contribution in [-0.2, 0) is 38.1 Å². The Hall–Kier alpha value is -2.30. The first kappa shape index (κ1) is 24.8. The number of hydrogen-bond donors (Lipinski definition) is 2. The number of carbonyl (C=O) groups is 4. The van der Waals surface area contributed by atoms with Gasteiger partial charge in [-0.1, -0.05) is 19.4 Å². The Morgan fingerprint density at radius 2 is 1.71 bits per heavy atom. The van der Waals surface area contributed by atoms with E-state index in [0.717, 1.165) is 0 Å². The van der Waals surface area contributed by atoms with Crippen molar-refractivity contribution in [2.24, 2.45) is 17.3 Å². The molecule has 0 amide bonds. The molecule has 4 aliphatic rings. The van der Waals surface area contributed by atoms with E-state index < -0.39 is 76.9 Å². The maximum atomic E-state index is 13.1. The van der Waals surface area contributed by atoms with Crippen LogP contribution in [0.25, 0.3) is 0 Å². The number of carbonyl (C=O) groups excluding carboxylic acids is 4. The summed E-state index contributed by atoms with van der Waals surface area (Å²) in [5.41, 5.74) is -3.69. The maximum Gasteiger partial charge on any atom is 0.342 e. The molecule has 2 aliphatic heterocycles. The summed E-state index contributed by atoms with van der Waals surface area (Å²) in [6.07, 6.45) is -4.50. The fraction of sp³-hybridized carbons (Fsp3) is 0.750. The molecule has 0 aromatic carbocycles. The first-order valence-electron chi connectivity index (χ1n) is 11.5. The van der Waals surface area contributed by atoms with Gasteiger partial charge in [0.15, 0.2) is 17.3 Å². The van der Waals surface area contributed by atoms with E-state index in [1.165, 1.54) is 20.8 Å². The van der Waals surface area contributed by atoms with Crippen molar-refractivity contribution in [1.82, 2.24) is 0 Å². The van der Waals surface area contributed by atoms with Crippen molar-refractivity contribution in [1.29, 1.82) is 0 Å². The summed E-state index contributed by atoms with van der Waals surface area (Å²) in [6, 6.07) is 0. The molecule has 10 atom stereocenters.